The zero-order valence-corrected chi connectivity index (χ0v) is 10.8. The Labute approximate surface area is 94.0 Å². The van der Waals surface area contributed by atoms with Gasteiger partial charge in [-0.2, -0.15) is 0 Å². The van der Waals surface area contributed by atoms with Gasteiger partial charge in [-0.15, -0.1) is 0 Å². The second kappa shape index (κ2) is 4.65. The van der Waals surface area contributed by atoms with E-state index in [2.05, 4.69) is 32.6 Å². The highest BCUT2D eigenvalue weighted by atomic mass is 16.1. The van der Waals surface area contributed by atoms with Crippen LogP contribution in [0.5, 0.6) is 0 Å². The molecule has 2 nitrogen and oxygen atoms in total. The molecule has 2 heteroatoms. The molecule has 0 aliphatic heterocycles. The van der Waals surface area contributed by atoms with Gasteiger partial charge in [0.1, 0.15) is 5.78 Å². The van der Waals surface area contributed by atoms with E-state index >= 15 is 0 Å². The molecule has 1 aliphatic carbocycles. The van der Waals surface area contributed by atoms with Crippen molar-refractivity contribution in [3.63, 3.8) is 0 Å². The monoisotopic (exact) mass is 211 g/mol. The van der Waals surface area contributed by atoms with Crippen LogP contribution in [0, 0.1) is 11.3 Å². The molecule has 0 aromatic heterocycles. The van der Waals surface area contributed by atoms with Crippen molar-refractivity contribution in [3.8, 4) is 0 Å². The van der Waals surface area contributed by atoms with Crippen molar-refractivity contribution >= 4 is 5.78 Å². The van der Waals surface area contributed by atoms with E-state index in [-0.39, 0.29) is 5.78 Å². The third kappa shape index (κ3) is 3.94. The lowest BCUT2D eigenvalue weighted by atomic mass is 10.0. The Morgan fingerprint density at radius 3 is 2.20 bits per heavy atom. The summed E-state index contributed by atoms with van der Waals surface area (Å²) in [6.07, 6.45) is 2.65. The van der Waals surface area contributed by atoms with Gasteiger partial charge in [-0.1, -0.05) is 20.8 Å². The number of ketones is 1. The van der Waals surface area contributed by atoms with Crippen LogP contribution < -0.4 is 0 Å². The fraction of sp³-hybridized carbons (Fsp3) is 0.923. The van der Waals surface area contributed by atoms with Crippen molar-refractivity contribution < 1.29 is 4.79 Å². The van der Waals surface area contributed by atoms with Crippen LogP contribution in [0.4, 0.5) is 0 Å². The summed E-state index contributed by atoms with van der Waals surface area (Å²) in [5.41, 5.74) is 0.499. The maximum atomic E-state index is 11.2. The second-order valence-electron chi connectivity index (χ2n) is 5.90. The zero-order valence-electron chi connectivity index (χ0n) is 10.8. The molecule has 0 N–H and O–H groups in total. The summed E-state index contributed by atoms with van der Waals surface area (Å²) in [6.45, 7) is 12.4. The molecule has 0 amide bonds. The quantitative estimate of drug-likeness (QED) is 0.673. The highest BCUT2D eigenvalue weighted by Gasteiger charge is 2.39. The number of hydrogen-bond donors (Lipinski definition) is 0. The fourth-order valence-electron chi connectivity index (χ4n) is 1.91. The first-order valence-corrected chi connectivity index (χ1v) is 6.07. The van der Waals surface area contributed by atoms with Crippen molar-refractivity contribution in [2.45, 2.75) is 53.5 Å². The average Bonchev–Trinajstić information content (AvgIpc) is 2.80. The normalized spacial score (nSPS) is 20.7. The lowest BCUT2D eigenvalue weighted by molar-refractivity contribution is -0.119. The van der Waals surface area contributed by atoms with Crippen molar-refractivity contribution in [2.24, 2.45) is 11.3 Å². The van der Waals surface area contributed by atoms with Gasteiger partial charge >= 0.3 is 0 Å². The van der Waals surface area contributed by atoms with Crippen LogP contribution in [0.3, 0.4) is 0 Å². The Morgan fingerprint density at radius 2 is 1.87 bits per heavy atom. The number of Topliss-reactive ketones (excluding diaryl/α,β-unsaturated/α-hetero) is 1. The van der Waals surface area contributed by atoms with E-state index in [1.165, 1.54) is 12.8 Å². The van der Waals surface area contributed by atoms with Gasteiger partial charge in [0.15, 0.2) is 0 Å². The first kappa shape index (κ1) is 12.7. The summed E-state index contributed by atoms with van der Waals surface area (Å²) in [5, 5.41) is 0. The van der Waals surface area contributed by atoms with Crippen LogP contribution in [0.1, 0.15) is 47.5 Å². The van der Waals surface area contributed by atoms with Gasteiger partial charge in [0.2, 0.25) is 0 Å². The Kier molecular flexibility index (Phi) is 3.93. The van der Waals surface area contributed by atoms with Crippen LogP contribution in [0.2, 0.25) is 0 Å². The highest BCUT2D eigenvalue weighted by molar-refractivity contribution is 5.77. The number of carbonyl (C=O) groups excluding carboxylic acids is 1. The second-order valence-corrected chi connectivity index (χ2v) is 5.90. The summed E-state index contributed by atoms with van der Waals surface area (Å²) < 4.78 is 0. The Morgan fingerprint density at radius 1 is 1.33 bits per heavy atom. The molecule has 1 fully saturated rings. The SMILES string of the molecule is CC(=O)CN(CC1(C)CC1)C(C)C(C)C. The van der Waals surface area contributed by atoms with E-state index in [1.807, 2.05) is 0 Å². The van der Waals surface area contributed by atoms with Gasteiger partial charge < -0.3 is 0 Å². The number of nitrogens with zero attached hydrogens (tertiary/aromatic N) is 1. The third-order valence-corrected chi connectivity index (χ3v) is 3.65. The van der Waals surface area contributed by atoms with E-state index < -0.39 is 0 Å². The van der Waals surface area contributed by atoms with Crippen LogP contribution >= 0.6 is 0 Å². The number of rotatable bonds is 6. The van der Waals surface area contributed by atoms with Gasteiger partial charge in [-0.05, 0) is 38.0 Å². The Bertz CT molecular complexity index is 231. The predicted octanol–water partition coefficient (Wildman–Crippen LogP) is 2.72. The smallest absolute Gasteiger partial charge is 0.143 e. The third-order valence-electron chi connectivity index (χ3n) is 3.65. The maximum absolute atomic E-state index is 11.2. The standard InChI is InChI=1S/C13H25NO/c1-10(2)12(4)14(8-11(3)15)9-13(5)6-7-13/h10,12H,6-9H2,1-5H3. The predicted molar refractivity (Wildman–Crippen MR) is 63.9 cm³/mol. The van der Waals surface area contributed by atoms with E-state index in [0.717, 1.165) is 6.54 Å². The summed E-state index contributed by atoms with van der Waals surface area (Å²) >= 11 is 0. The van der Waals surface area contributed by atoms with Crippen LogP contribution in [0.15, 0.2) is 0 Å². The van der Waals surface area contributed by atoms with Gasteiger partial charge in [-0.25, -0.2) is 0 Å². The van der Waals surface area contributed by atoms with Crippen LogP contribution in [-0.4, -0.2) is 29.8 Å². The van der Waals surface area contributed by atoms with Gasteiger partial charge in [0, 0.05) is 12.6 Å². The topological polar surface area (TPSA) is 20.3 Å². The molecule has 0 aromatic carbocycles. The minimum atomic E-state index is 0.284. The average molecular weight is 211 g/mol. The summed E-state index contributed by atoms with van der Waals surface area (Å²) in [4.78, 5) is 13.6. The molecule has 1 aliphatic rings. The van der Waals surface area contributed by atoms with E-state index in [0.29, 0.717) is 23.9 Å². The molecule has 0 aromatic rings. The lowest BCUT2D eigenvalue weighted by Gasteiger charge is -2.33. The molecule has 0 bridgehead atoms. The molecule has 1 unspecified atom stereocenters. The first-order valence-electron chi connectivity index (χ1n) is 6.07. The summed E-state index contributed by atoms with van der Waals surface area (Å²) in [7, 11) is 0. The molecule has 0 saturated heterocycles. The molecular formula is C13H25NO. The molecule has 0 radical (unpaired) electrons. The zero-order chi connectivity index (χ0) is 11.6. The molecule has 1 atom stereocenters. The molecular weight excluding hydrogens is 186 g/mol. The molecule has 0 heterocycles. The molecule has 88 valence electrons. The maximum Gasteiger partial charge on any atom is 0.143 e. The molecule has 0 spiro atoms. The number of hydrogen-bond acceptors (Lipinski definition) is 2. The fourth-order valence-corrected chi connectivity index (χ4v) is 1.91. The van der Waals surface area contributed by atoms with Crippen molar-refractivity contribution in [3.05, 3.63) is 0 Å². The Hall–Kier alpha value is -0.370. The molecule has 1 rings (SSSR count). The first-order chi connectivity index (χ1) is 6.84. The van der Waals surface area contributed by atoms with E-state index in [9.17, 15) is 4.79 Å². The lowest BCUT2D eigenvalue weighted by Crippen LogP contribution is -2.42. The van der Waals surface area contributed by atoms with Gasteiger partial charge in [0.05, 0.1) is 6.54 Å². The Balaban J connectivity index is 2.55. The van der Waals surface area contributed by atoms with Crippen molar-refractivity contribution in [2.75, 3.05) is 13.1 Å². The number of carbonyl (C=O) groups is 1. The van der Waals surface area contributed by atoms with E-state index in [4.69, 9.17) is 0 Å². The molecule has 15 heavy (non-hydrogen) atoms. The summed E-state index contributed by atoms with van der Waals surface area (Å²) in [6, 6.07) is 0.506. The minimum Gasteiger partial charge on any atom is -0.299 e. The van der Waals surface area contributed by atoms with Crippen LogP contribution in [-0.2, 0) is 4.79 Å². The van der Waals surface area contributed by atoms with Crippen LogP contribution in [0.25, 0.3) is 0 Å². The minimum absolute atomic E-state index is 0.284. The largest absolute Gasteiger partial charge is 0.299 e. The van der Waals surface area contributed by atoms with Crippen molar-refractivity contribution in [1.29, 1.82) is 0 Å². The molecule has 1 saturated carbocycles. The van der Waals surface area contributed by atoms with Gasteiger partial charge in [0.25, 0.3) is 0 Å². The van der Waals surface area contributed by atoms with Crippen molar-refractivity contribution in [1.82, 2.24) is 4.90 Å². The highest BCUT2D eigenvalue weighted by Crippen LogP contribution is 2.45. The van der Waals surface area contributed by atoms with E-state index in [1.54, 1.807) is 6.92 Å². The summed E-state index contributed by atoms with van der Waals surface area (Å²) in [5.74, 6) is 0.901. The van der Waals surface area contributed by atoms with Gasteiger partial charge in [-0.3, -0.25) is 9.69 Å².